The first-order chi connectivity index (χ1) is 9.90. The molecule has 2 amide bonds. The fraction of sp³-hybridized carbons (Fsp3) is 0.467. The topological polar surface area (TPSA) is 49.9 Å². The molecular formula is C15H19ClN2O3. The maximum Gasteiger partial charge on any atom is 0.409 e. The molecule has 1 saturated heterocycles. The molecule has 1 fully saturated rings. The van der Waals surface area contributed by atoms with Crippen LogP contribution in [0.3, 0.4) is 0 Å². The lowest BCUT2D eigenvalue weighted by Crippen LogP contribution is -2.36. The van der Waals surface area contributed by atoms with Crippen molar-refractivity contribution in [3.05, 3.63) is 33.8 Å². The highest BCUT2D eigenvalue weighted by Gasteiger charge is 2.23. The Balaban J connectivity index is 2.02. The Labute approximate surface area is 129 Å². The van der Waals surface area contributed by atoms with E-state index in [9.17, 15) is 9.59 Å². The van der Waals surface area contributed by atoms with Gasteiger partial charge in [0.1, 0.15) is 6.61 Å². The predicted octanol–water partition coefficient (Wildman–Crippen LogP) is 2.48. The second kappa shape index (κ2) is 6.35. The lowest BCUT2D eigenvalue weighted by Gasteiger charge is -2.21. The van der Waals surface area contributed by atoms with Crippen LogP contribution < -0.4 is 0 Å². The minimum absolute atomic E-state index is 0.143. The zero-order valence-electron chi connectivity index (χ0n) is 12.5. The van der Waals surface area contributed by atoms with E-state index in [0.29, 0.717) is 36.8 Å². The summed E-state index contributed by atoms with van der Waals surface area (Å²) < 4.78 is 4.85. The highest BCUT2D eigenvalue weighted by molar-refractivity contribution is 6.33. The Morgan fingerprint density at radius 3 is 2.67 bits per heavy atom. The Kier molecular flexibility index (Phi) is 4.73. The molecule has 0 bridgehead atoms. The van der Waals surface area contributed by atoms with Gasteiger partial charge in [-0.15, -0.1) is 0 Å². The standard InChI is InChI=1S/C15H19ClN2O3/c1-10-8-12(13(16)9-11(10)2)14(19)17(3)4-5-18-6-7-21-15(18)20/h8-9H,4-7H2,1-3H3. The lowest BCUT2D eigenvalue weighted by atomic mass is 10.1. The van der Waals surface area contributed by atoms with Crippen LogP contribution in [-0.2, 0) is 4.74 Å². The number of amides is 2. The maximum atomic E-state index is 12.4. The van der Waals surface area contributed by atoms with Gasteiger partial charge in [0.2, 0.25) is 0 Å². The van der Waals surface area contributed by atoms with Gasteiger partial charge >= 0.3 is 6.09 Å². The third-order valence-electron chi connectivity index (χ3n) is 3.71. The van der Waals surface area contributed by atoms with E-state index in [-0.39, 0.29) is 12.0 Å². The highest BCUT2D eigenvalue weighted by atomic mass is 35.5. The van der Waals surface area contributed by atoms with E-state index >= 15 is 0 Å². The molecule has 0 N–H and O–H groups in total. The zero-order chi connectivity index (χ0) is 15.6. The normalized spacial score (nSPS) is 14.3. The van der Waals surface area contributed by atoms with Crippen molar-refractivity contribution < 1.29 is 14.3 Å². The number of ether oxygens (including phenoxy) is 1. The number of carbonyl (C=O) groups is 2. The Bertz CT molecular complexity index is 574. The summed E-state index contributed by atoms with van der Waals surface area (Å²) in [4.78, 5) is 26.9. The third-order valence-corrected chi connectivity index (χ3v) is 4.02. The summed E-state index contributed by atoms with van der Waals surface area (Å²) in [7, 11) is 1.70. The molecular weight excluding hydrogens is 292 g/mol. The van der Waals surface area contributed by atoms with Gasteiger partial charge in [0.25, 0.3) is 5.91 Å². The minimum Gasteiger partial charge on any atom is -0.448 e. The fourth-order valence-electron chi connectivity index (χ4n) is 2.15. The van der Waals surface area contributed by atoms with E-state index in [1.807, 2.05) is 13.8 Å². The fourth-order valence-corrected chi connectivity index (χ4v) is 2.45. The van der Waals surface area contributed by atoms with Crippen LogP contribution in [0.4, 0.5) is 4.79 Å². The molecule has 1 aromatic rings. The number of aryl methyl sites for hydroxylation is 2. The molecule has 21 heavy (non-hydrogen) atoms. The largest absolute Gasteiger partial charge is 0.448 e. The summed E-state index contributed by atoms with van der Waals surface area (Å²) in [6.07, 6.45) is -0.319. The molecule has 0 atom stereocenters. The van der Waals surface area contributed by atoms with Gasteiger partial charge in [-0.1, -0.05) is 11.6 Å². The molecule has 0 saturated carbocycles. The first kappa shape index (κ1) is 15.6. The molecule has 0 aliphatic carbocycles. The van der Waals surface area contributed by atoms with Crippen molar-refractivity contribution in [2.24, 2.45) is 0 Å². The summed E-state index contributed by atoms with van der Waals surface area (Å²) >= 11 is 6.16. The van der Waals surface area contributed by atoms with Crippen LogP contribution in [0, 0.1) is 13.8 Å². The molecule has 2 rings (SSSR count). The number of rotatable bonds is 4. The van der Waals surface area contributed by atoms with E-state index < -0.39 is 0 Å². The number of hydrogen-bond donors (Lipinski definition) is 0. The Morgan fingerprint density at radius 1 is 1.38 bits per heavy atom. The van der Waals surface area contributed by atoms with Crippen LogP contribution in [-0.4, -0.2) is 55.1 Å². The number of cyclic esters (lactones) is 1. The van der Waals surface area contributed by atoms with Gasteiger partial charge in [0.15, 0.2) is 0 Å². The third kappa shape index (κ3) is 3.47. The maximum absolute atomic E-state index is 12.4. The molecule has 1 aromatic carbocycles. The van der Waals surface area contributed by atoms with Gasteiger partial charge in [-0.3, -0.25) is 4.79 Å². The van der Waals surface area contributed by atoms with E-state index in [0.717, 1.165) is 11.1 Å². The van der Waals surface area contributed by atoms with Crippen molar-refractivity contribution in [1.82, 2.24) is 9.80 Å². The molecule has 5 nitrogen and oxygen atoms in total. The van der Waals surface area contributed by atoms with Gasteiger partial charge in [0.05, 0.1) is 17.1 Å². The quantitative estimate of drug-likeness (QED) is 0.858. The molecule has 6 heteroatoms. The van der Waals surface area contributed by atoms with Crippen LogP contribution in [0.25, 0.3) is 0 Å². The number of benzene rings is 1. The first-order valence-electron chi connectivity index (χ1n) is 6.84. The van der Waals surface area contributed by atoms with Crippen LogP contribution in [0.1, 0.15) is 21.5 Å². The SMILES string of the molecule is Cc1cc(Cl)c(C(=O)N(C)CCN2CCOC2=O)cc1C. The van der Waals surface area contributed by atoms with Crippen molar-refractivity contribution in [1.29, 1.82) is 0 Å². The zero-order valence-corrected chi connectivity index (χ0v) is 13.2. The van der Waals surface area contributed by atoms with Gasteiger partial charge in [-0.05, 0) is 37.1 Å². The predicted molar refractivity (Wildman–Crippen MR) is 80.8 cm³/mol. The van der Waals surface area contributed by atoms with Crippen LogP contribution in [0.15, 0.2) is 12.1 Å². The molecule has 114 valence electrons. The number of halogens is 1. The second-order valence-corrected chi connectivity index (χ2v) is 5.65. The Hall–Kier alpha value is -1.75. The average Bonchev–Trinajstić information content (AvgIpc) is 2.85. The molecule has 0 aromatic heterocycles. The number of carbonyl (C=O) groups excluding carboxylic acids is 2. The van der Waals surface area contributed by atoms with Crippen molar-refractivity contribution in [2.45, 2.75) is 13.8 Å². The number of likely N-dealkylation sites (N-methyl/N-ethyl adjacent to an activating group) is 1. The van der Waals surface area contributed by atoms with E-state index in [4.69, 9.17) is 16.3 Å². The summed E-state index contributed by atoms with van der Waals surface area (Å²) in [5.74, 6) is -0.143. The molecule has 0 spiro atoms. The van der Waals surface area contributed by atoms with Crippen molar-refractivity contribution in [3.8, 4) is 0 Å². The summed E-state index contributed by atoms with van der Waals surface area (Å²) in [6.45, 7) is 5.80. The number of nitrogens with zero attached hydrogens (tertiary/aromatic N) is 2. The monoisotopic (exact) mass is 310 g/mol. The van der Waals surface area contributed by atoms with Gasteiger partial charge in [-0.25, -0.2) is 4.79 Å². The average molecular weight is 311 g/mol. The Morgan fingerprint density at radius 2 is 2.05 bits per heavy atom. The highest BCUT2D eigenvalue weighted by Crippen LogP contribution is 2.22. The smallest absolute Gasteiger partial charge is 0.409 e. The molecule has 1 heterocycles. The molecule has 0 unspecified atom stereocenters. The van der Waals surface area contributed by atoms with Crippen molar-refractivity contribution >= 4 is 23.6 Å². The second-order valence-electron chi connectivity index (χ2n) is 5.24. The molecule has 1 aliphatic heterocycles. The van der Waals surface area contributed by atoms with Crippen molar-refractivity contribution in [3.63, 3.8) is 0 Å². The van der Waals surface area contributed by atoms with Crippen LogP contribution >= 0.6 is 11.6 Å². The first-order valence-corrected chi connectivity index (χ1v) is 7.22. The van der Waals surface area contributed by atoms with E-state index in [2.05, 4.69) is 0 Å². The summed E-state index contributed by atoms with van der Waals surface area (Å²) in [5, 5.41) is 0.454. The van der Waals surface area contributed by atoms with Gasteiger partial charge in [-0.2, -0.15) is 0 Å². The lowest BCUT2D eigenvalue weighted by molar-refractivity contribution is 0.0782. The minimum atomic E-state index is -0.319. The van der Waals surface area contributed by atoms with Crippen LogP contribution in [0.5, 0.6) is 0 Å². The van der Waals surface area contributed by atoms with Crippen molar-refractivity contribution in [2.75, 3.05) is 33.3 Å². The van der Waals surface area contributed by atoms with E-state index in [1.54, 1.807) is 29.0 Å². The van der Waals surface area contributed by atoms with Gasteiger partial charge < -0.3 is 14.5 Å². The number of hydrogen-bond acceptors (Lipinski definition) is 3. The molecule has 0 radical (unpaired) electrons. The summed E-state index contributed by atoms with van der Waals surface area (Å²) in [6, 6.07) is 3.61. The van der Waals surface area contributed by atoms with E-state index in [1.165, 1.54) is 0 Å². The van der Waals surface area contributed by atoms with Crippen LogP contribution in [0.2, 0.25) is 5.02 Å². The molecule has 1 aliphatic rings. The summed E-state index contributed by atoms with van der Waals surface area (Å²) in [5.41, 5.74) is 2.57. The van der Waals surface area contributed by atoms with Gasteiger partial charge in [0, 0.05) is 20.1 Å².